The first-order valence-electron chi connectivity index (χ1n) is 3.35. The summed E-state index contributed by atoms with van der Waals surface area (Å²) in [6.45, 7) is 0. The maximum atomic E-state index is 2.34. The van der Waals surface area contributed by atoms with Crippen molar-refractivity contribution in [3.8, 4) is 0 Å². The lowest BCUT2D eigenvalue weighted by Gasteiger charge is -1.96. The molecule has 0 spiro atoms. The predicted octanol–water partition coefficient (Wildman–Crippen LogP) is 1.65. The van der Waals surface area contributed by atoms with Crippen molar-refractivity contribution >= 4 is 18.6 Å². The first-order chi connectivity index (χ1) is 4.30. The number of hydrogen-bond acceptors (Lipinski definition) is 0. The van der Waals surface area contributed by atoms with Crippen LogP contribution in [0.25, 0.3) is 0 Å². The lowest BCUT2D eigenvalue weighted by Crippen LogP contribution is -2.21. The van der Waals surface area contributed by atoms with E-state index in [0.29, 0.717) is 0 Å². The van der Waals surface area contributed by atoms with Crippen LogP contribution in [0, 0.1) is 0 Å². The molecule has 0 atom stereocenters. The van der Waals surface area contributed by atoms with Gasteiger partial charge in [0.25, 0.3) is 14.1 Å². The van der Waals surface area contributed by atoms with Crippen LogP contribution in [0.2, 0.25) is 11.6 Å². The second-order valence-electron chi connectivity index (χ2n) is 2.57. The normalized spacial score (nSPS) is 9.11. The van der Waals surface area contributed by atoms with Crippen molar-refractivity contribution in [3.05, 3.63) is 30.3 Å². The molecule has 1 rings (SSSR count). The van der Waals surface area contributed by atoms with Crippen molar-refractivity contribution in [3.63, 3.8) is 0 Å². The standard InChI is InChI=1S/C6H5.2CH3.Al/c1-2-4-6-5-3-1;;;/h1-5H;2*1H3;. The minimum atomic E-state index is -0.529. The van der Waals surface area contributed by atoms with Crippen molar-refractivity contribution in [2.75, 3.05) is 0 Å². The van der Waals surface area contributed by atoms with E-state index in [4.69, 9.17) is 0 Å². The Labute approximate surface area is 60.9 Å². The summed E-state index contributed by atoms with van der Waals surface area (Å²) in [6.07, 6.45) is 0. The van der Waals surface area contributed by atoms with Crippen LogP contribution in [0.15, 0.2) is 30.3 Å². The molecule has 1 aromatic carbocycles. The van der Waals surface area contributed by atoms with Gasteiger partial charge in [0.15, 0.2) is 0 Å². The maximum Gasteiger partial charge on any atom is 0.299 e. The molecule has 1 heteroatoms. The van der Waals surface area contributed by atoms with E-state index >= 15 is 0 Å². The van der Waals surface area contributed by atoms with E-state index < -0.39 is 14.1 Å². The Balaban J connectivity index is 2.85. The predicted molar refractivity (Wildman–Crippen MR) is 43.6 cm³/mol. The van der Waals surface area contributed by atoms with E-state index in [-0.39, 0.29) is 0 Å². The second-order valence-corrected chi connectivity index (χ2v) is 5.54. The SMILES string of the molecule is [CH3][Al]([CH3])[c]1ccccc1. The maximum absolute atomic E-state index is 2.34. The Bertz CT molecular complexity index is 167. The molecule has 9 heavy (non-hydrogen) atoms. The summed E-state index contributed by atoms with van der Waals surface area (Å²) in [4.78, 5) is 0. The largest absolute Gasteiger partial charge is 0.299 e. The van der Waals surface area contributed by atoms with Gasteiger partial charge in [0.2, 0.25) is 0 Å². The van der Waals surface area contributed by atoms with E-state index in [1.807, 2.05) is 0 Å². The van der Waals surface area contributed by atoms with Gasteiger partial charge in [-0.25, -0.2) is 0 Å². The van der Waals surface area contributed by atoms with Crippen LogP contribution < -0.4 is 4.43 Å². The Morgan fingerprint density at radius 3 is 1.89 bits per heavy atom. The third kappa shape index (κ3) is 1.86. The van der Waals surface area contributed by atoms with Crippen LogP contribution in [-0.4, -0.2) is 14.1 Å². The van der Waals surface area contributed by atoms with Crippen LogP contribution >= 0.6 is 0 Å². The molecule has 0 bridgehead atoms. The summed E-state index contributed by atoms with van der Waals surface area (Å²) in [5, 5.41) is 0. The molecule has 1 aromatic rings. The van der Waals surface area contributed by atoms with Crippen molar-refractivity contribution in [2.45, 2.75) is 11.6 Å². The van der Waals surface area contributed by atoms with Gasteiger partial charge in [-0.05, 0) is 0 Å². The molecule has 0 aliphatic rings. The van der Waals surface area contributed by atoms with Gasteiger partial charge in [0.1, 0.15) is 0 Å². The van der Waals surface area contributed by atoms with E-state index in [2.05, 4.69) is 41.9 Å². The number of benzene rings is 1. The first-order valence-corrected chi connectivity index (χ1v) is 6.24. The fourth-order valence-electron chi connectivity index (χ4n) is 0.838. The molecule has 0 N–H and O–H groups in total. The highest BCUT2D eigenvalue weighted by Crippen LogP contribution is 1.85. The average molecular weight is 134 g/mol. The first kappa shape index (κ1) is 6.87. The van der Waals surface area contributed by atoms with Gasteiger partial charge >= 0.3 is 0 Å². The quantitative estimate of drug-likeness (QED) is 0.512. The van der Waals surface area contributed by atoms with E-state index in [1.54, 1.807) is 4.43 Å². The average Bonchev–Trinajstić information content (AvgIpc) is 1.90. The molecule has 0 saturated heterocycles. The lowest BCUT2D eigenvalue weighted by molar-refractivity contribution is 1.74. The molecule has 0 aliphatic carbocycles. The Kier molecular flexibility index (Phi) is 2.33. The monoisotopic (exact) mass is 134 g/mol. The molecular weight excluding hydrogens is 123 g/mol. The molecule has 46 valence electrons. The third-order valence-electron chi connectivity index (χ3n) is 1.47. The summed E-state index contributed by atoms with van der Waals surface area (Å²) in [5.74, 6) is 4.69. The number of hydrogen-bond donors (Lipinski definition) is 0. The van der Waals surface area contributed by atoms with Gasteiger partial charge in [-0.2, -0.15) is 0 Å². The topological polar surface area (TPSA) is 0 Å². The van der Waals surface area contributed by atoms with Crippen molar-refractivity contribution in [1.82, 2.24) is 0 Å². The molecule has 0 aliphatic heterocycles. The van der Waals surface area contributed by atoms with Crippen LogP contribution in [0.1, 0.15) is 0 Å². The van der Waals surface area contributed by atoms with Crippen molar-refractivity contribution < 1.29 is 0 Å². The van der Waals surface area contributed by atoms with Crippen molar-refractivity contribution in [1.29, 1.82) is 0 Å². The van der Waals surface area contributed by atoms with Gasteiger partial charge in [-0.15, -0.1) is 16.0 Å². The minimum absolute atomic E-state index is 0.529. The highest BCUT2D eigenvalue weighted by atomic mass is 27.2. The van der Waals surface area contributed by atoms with Crippen LogP contribution in [0.5, 0.6) is 0 Å². The zero-order valence-corrected chi connectivity index (χ0v) is 7.12. The van der Waals surface area contributed by atoms with E-state index in [9.17, 15) is 0 Å². The molecule has 0 amide bonds. The molecule has 0 heterocycles. The summed E-state index contributed by atoms with van der Waals surface area (Å²) in [6, 6.07) is 10.7. The molecule has 0 unspecified atom stereocenters. The molecule has 0 fully saturated rings. The molecule has 0 saturated carbocycles. The van der Waals surface area contributed by atoms with E-state index in [0.717, 1.165) is 0 Å². The molecule has 0 radical (unpaired) electrons. The van der Waals surface area contributed by atoms with E-state index in [1.165, 1.54) is 0 Å². The minimum Gasteiger partial charge on any atom is -0.111 e. The van der Waals surface area contributed by atoms with Crippen LogP contribution in [-0.2, 0) is 0 Å². The summed E-state index contributed by atoms with van der Waals surface area (Å²) < 4.78 is 1.55. The summed E-state index contributed by atoms with van der Waals surface area (Å²) >= 11 is -0.529. The molecule has 0 aromatic heterocycles. The van der Waals surface area contributed by atoms with Crippen LogP contribution in [0.3, 0.4) is 0 Å². The van der Waals surface area contributed by atoms with Gasteiger partial charge in [-0.1, -0.05) is 30.3 Å². The van der Waals surface area contributed by atoms with Gasteiger partial charge in [-0.3, -0.25) is 0 Å². The van der Waals surface area contributed by atoms with Crippen molar-refractivity contribution in [2.24, 2.45) is 0 Å². The number of rotatable bonds is 1. The van der Waals surface area contributed by atoms with Gasteiger partial charge in [0.05, 0.1) is 0 Å². The second kappa shape index (κ2) is 3.06. The summed E-state index contributed by atoms with van der Waals surface area (Å²) in [7, 11) is 0. The Hall–Kier alpha value is -0.248. The molecule has 0 nitrogen and oxygen atoms in total. The fraction of sp³-hybridized carbons (Fsp3) is 0.250. The Morgan fingerprint density at radius 1 is 1.00 bits per heavy atom. The zero-order chi connectivity index (χ0) is 6.69. The van der Waals surface area contributed by atoms with Crippen LogP contribution in [0.4, 0.5) is 0 Å². The molecular formula is C8H11Al. The Morgan fingerprint density at radius 2 is 1.56 bits per heavy atom. The van der Waals surface area contributed by atoms with Gasteiger partial charge in [0, 0.05) is 0 Å². The smallest absolute Gasteiger partial charge is 0.111 e. The fourth-order valence-corrected chi connectivity index (χ4v) is 1.83. The zero-order valence-electron chi connectivity index (χ0n) is 5.96. The van der Waals surface area contributed by atoms with Gasteiger partial charge < -0.3 is 0 Å². The highest BCUT2D eigenvalue weighted by molar-refractivity contribution is 6.70. The summed E-state index contributed by atoms with van der Waals surface area (Å²) in [5.41, 5.74) is 0. The third-order valence-corrected chi connectivity index (χ3v) is 3.18. The highest BCUT2D eigenvalue weighted by Gasteiger charge is 2.02. The lowest BCUT2D eigenvalue weighted by atomic mass is 10.4.